The number of carboxylic acid groups (broad SMARTS) is 1. The molecule has 0 radical (unpaired) electrons. The quantitative estimate of drug-likeness (QED) is 0.873. The topological polar surface area (TPSA) is 78.9 Å². The Morgan fingerprint density at radius 2 is 1.70 bits per heavy atom. The van der Waals surface area contributed by atoms with Crippen LogP contribution >= 0.6 is 0 Å². The van der Waals surface area contributed by atoms with Crippen LogP contribution in [0.4, 0.5) is 4.79 Å². The molecule has 1 amide bonds. The first-order valence-electron chi connectivity index (χ1n) is 9.14. The van der Waals surface area contributed by atoms with Gasteiger partial charge in [-0.05, 0) is 29.2 Å². The third-order valence-electron chi connectivity index (χ3n) is 5.44. The predicted octanol–water partition coefficient (Wildman–Crippen LogP) is 2.68. The molecule has 2 atom stereocenters. The fourth-order valence-corrected chi connectivity index (χ4v) is 3.96. The van der Waals surface area contributed by atoms with E-state index in [-0.39, 0.29) is 25.1 Å². The first-order valence-corrected chi connectivity index (χ1v) is 9.14. The molecular formula is C21H22N2O4. The molecule has 1 aliphatic carbocycles. The number of amides is 1. The summed E-state index contributed by atoms with van der Waals surface area (Å²) in [6.45, 7) is 2.65. The van der Waals surface area contributed by atoms with Gasteiger partial charge in [0.15, 0.2) is 0 Å². The van der Waals surface area contributed by atoms with Crippen LogP contribution < -0.4 is 5.32 Å². The summed E-state index contributed by atoms with van der Waals surface area (Å²) in [5.74, 6) is -0.965. The van der Waals surface area contributed by atoms with E-state index >= 15 is 0 Å². The number of ether oxygens (including phenoxy) is 1. The van der Waals surface area contributed by atoms with Crippen LogP contribution in [0.25, 0.3) is 11.1 Å². The number of nitrogens with one attached hydrogen (secondary N) is 1. The fraction of sp³-hybridized carbons (Fsp3) is 0.333. The lowest BCUT2D eigenvalue weighted by Crippen LogP contribution is -2.59. The van der Waals surface area contributed by atoms with Crippen molar-refractivity contribution in [2.45, 2.75) is 24.9 Å². The number of carboxylic acids is 1. The zero-order valence-electron chi connectivity index (χ0n) is 15.1. The second-order valence-electron chi connectivity index (χ2n) is 7.10. The van der Waals surface area contributed by atoms with Crippen LogP contribution in [0.2, 0.25) is 0 Å². The third kappa shape index (κ3) is 3.17. The second kappa shape index (κ2) is 7.04. The molecule has 1 aliphatic heterocycles. The Bertz CT molecular complexity index is 836. The molecule has 1 saturated heterocycles. The summed E-state index contributed by atoms with van der Waals surface area (Å²) in [7, 11) is 0. The number of rotatable bonds is 3. The highest BCUT2D eigenvalue weighted by Gasteiger charge is 2.34. The zero-order valence-corrected chi connectivity index (χ0v) is 15.1. The molecule has 1 heterocycles. The third-order valence-corrected chi connectivity index (χ3v) is 5.44. The van der Waals surface area contributed by atoms with Crippen molar-refractivity contribution < 1.29 is 19.4 Å². The molecule has 6 nitrogen and oxygen atoms in total. The van der Waals surface area contributed by atoms with Crippen molar-refractivity contribution in [2.24, 2.45) is 0 Å². The summed E-state index contributed by atoms with van der Waals surface area (Å²) in [6, 6.07) is 15.5. The lowest BCUT2D eigenvalue weighted by molar-refractivity contribution is -0.140. The second-order valence-corrected chi connectivity index (χ2v) is 7.10. The van der Waals surface area contributed by atoms with E-state index in [1.54, 1.807) is 0 Å². The van der Waals surface area contributed by atoms with Crippen LogP contribution in [-0.4, -0.2) is 53.8 Å². The van der Waals surface area contributed by atoms with E-state index in [4.69, 9.17) is 4.74 Å². The van der Waals surface area contributed by atoms with Gasteiger partial charge in [0.25, 0.3) is 0 Å². The molecule has 6 heteroatoms. The van der Waals surface area contributed by atoms with Gasteiger partial charge in [-0.2, -0.15) is 0 Å². The van der Waals surface area contributed by atoms with Gasteiger partial charge in [0, 0.05) is 18.5 Å². The minimum atomic E-state index is -0.960. The highest BCUT2D eigenvalue weighted by atomic mass is 16.6. The number of carbonyl (C=O) groups is 2. The molecule has 0 spiro atoms. The zero-order chi connectivity index (χ0) is 19.0. The number of piperazine rings is 1. The first kappa shape index (κ1) is 17.5. The largest absolute Gasteiger partial charge is 0.480 e. The predicted molar refractivity (Wildman–Crippen MR) is 101 cm³/mol. The van der Waals surface area contributed by atoms with E-state index in [1.807, 2.05) is 31.2 Å². The maximum Gasteiger partial charge on any atom is 0.410 e. The standard InChI is InChI=1S/C21H22N2O4/c1-13-10-22-19(20(24)25)11-23(13)21(26)27-12-18-16-8-4-2-6-14(16)15-7-3-5-9-17(15)18/h2-9,13,18-19,22H,10-12H2,1H3,(H,24,25). The molecule has 2 aromatic rings. The van der Waals surface area contributed by atoms with E-state index < -0.39 is 18.1 Å². The Hall–Kier alpha value is -2.86. The van der Waals surface area contributed by atoms with Crippen LogP contribution in [-0.2, 0) is 9.53 Å². The van der Waals surface area contributed by atoms with E-state index in [0.717, 1.165) is 11.1 Å². The molecule has 0 saturated carbocycles. The Morgan fingerprint density at radius 1 is 1.11 bits per heavy atom. The smallest absolute Gasteiger partial charge is 0.410 e. The van der Waals surface area contributed by atoms with Crippen molar-refractivity contribution in [3.05, 3.63) is 59.7 Å². The number of fused-ring (bicyclic) bond motifs is 3. The summed E-state index contributed by atoms with van der Waals surface area (Å²) in [5, 5.41) is 12.1. The van der Waals surface area contributed by atoms with Gasteiger partial charge in [-0.1, -0.05) is 48.5 Å². The molecule has 0 bridgehead atoms. The summed E-state index contributed by atoms with van der Waals surface area (Å²) in [6.07, 6.45) is -0.461. The van der Waals surface area contributed by atoms with Crippen molar-refractivity contribution in [3.63, 3.8) is 0 Å². The molecular weight excluding hydrogens is 344 g/mol. The number of carbonyl (C=O) groups excluding carboxylic acids is 1. The fourth-order valence-electron chi connectivity index (χ4n) is 3.96. The number of nitrogens with zero attached hydrogens (tertiary/aromatic N) is 1. The van der Waals surface area contributed by atoms with Crippen LogP contribution in [0.15, 0.2) is 48.5 Å². The van der Waals surface area contributed by atoms with E-state index in [2.05, 4.69) is 29.6 Å². The Balaban J connectivity index is 1.50. The molecule has 2 unspecified atom stereocenters. The molecule has 0 aromatic heterocycles. The van der Waals surface area contributed by atoms with Crippen molar-refractivity contribution in [1.29, 1.82) is 0 Å². The van der Waals surface area contributed by atoms with Crippen LogP contribution in [0.5, 0.6) is 0 Å². The summed E-state index contributed by atoms with van der Waals surface area (Å²) in [4.78, 5) is 25.4. The van der Waals surface area contributed by atoms with E-state index in [0.29, 0.717) is 6.54 Å². The van der Waals surface area contributed by atoms with Gasteiger partial charge < -0.3 is 20.1 Å². The number of hydrogen-bond acceptors (Lipinski definition) is 4. The molecule has 2 aromatic carbocycles. The van der Waals surface area contributed by atoms with Crippen molar-refractivity contribution in [3.8, 4) is 11.1 Å². The van der Waals surface area contributed by atoms with Gasteiger partial charge in [-0.15, -0.1) is 0 Å². The molecule has 140 valence electrons. The SMILES string of the molecule is CC1CNC(C(=O)O)CN1C(=O)OCC1c2ccccc2-c2ccccc21. The number of benzene rings is 2. The van der Waals surface area contributed by atoms with Gasteiger partial charge in [0.05, 0.1) is 6.54 Å². The van der Waals surface area contributed by atoms with Crippen LogP contribution in [0.3, 0.4) is 0 Å². The van der Waals surface area contributed by atoms with Gasteiger partial charge in [0.2, 0.25) is 0 Å². The molecule has 27 heavy (non-hydrogen) atoms. The highest BCUT2D eigenvalue weighted by molar-refractivity contribution is 5.79. The summed E-state index contributed by atoms with van der Waals surface area (Å²) in [5.41, 5.74) is 4.66. The maximum absolute atomic E-state index is 12.6. The molecule has 2 aliphatic rings. The molecule has 2 N–H and O–H groups in total. The minimum Gasteiger partial charge on any atom is -0.480 e. The van der Waals surface area contributed by atoms with Crippen molar-refractivity contribution in [1.82, 2.24) is 10.2 Å². The highest BCUT2D eigenvalue weighted by Crippen LogP contribution is 2.44. The molecule has 4 rings (SSSR count). The Morgan fingerprint density at radius 3 is 2.30 bits per heavy atom. The van der Waals surface area contributed by atoms with Crippen molar-refractivity contribution >= 4 is 12.1 Å². The Kier molecular flexibility index (Phi) is 4.58. The number of aliphatic carboxylic acids is 1. The Labute approximate surface area is 157 Å². The summed E-state index contributed by atoms with van der Waals surface area (Å²) < 4.78 is 5.64. The first-order chi connectivity index (χ1) is 13.1. The average Bonchev–Trinajstić information content (AvgIpc) is 3.00. The molecule has 1 fully saturated rings. The van der Waals surface area contributed by atoms with Crippen LogP contribution in [0.1, 0.15) is 24.0 Å². The van der Waals surface area contributed by atoms with E-state index in [1.165, 1.54) is 16.0 Å². The average molecular weight is 366 g/mol. The van der Waals surface area contributed by atoms with Gasteiger partial charge in [0.1, 0.15) is 12.6 Å². The van der Waals surface area contributed by atoms with Crippen molar-refractivity contribution in [2.75, 3.05) is 19.7 Å². The lowest BCUT2D eigenvalue weighted by atomic mass is 9.98. The summed E-state index contributed by atoms with van der Waals surface area (Å²) >= 11 is 0. The minimum absolute atomic E-state index is 0.00478. The van der Waals surface area contributed by atoms with E-state index in [9.17, 15) is 14.7 Å². The van der Waals surface area contributed by atoms with Gasteiger partial charge >= 0.3 is 12.1 Å². The normalized spacial score (nSPS) is 21.4. The van der Waals surface area contributed by atoms with Gasteiger partial charge in [-0.3, -0.25) is 4.79 Å². The maximum atomic E-state index is 12.6. The van der Waals surface area contributed by atoms with Gasteiger partial charge in [-0.25, -0.2) is 4.79 Å². The monoisotopic (exact) mass is 366 g/mol. The number of hydrogen-bond donors (Lipinski definition) is 2. The van der Waals surface area contributed by atoms with Crippen LogP contribution in [0, 0.1) is 0 Å². The lowest BCUT2D eigenvalue weighted by Gasteiger charge is -2.36.